The minimum atomic E-state index is -0.491. The van der Waals surface area contributed by atoms with Crippen molar-refractivity contribution in [1.82, 2.24) is 4.98 Å². The van der Waals surface area contributed by atoms with Gasteiger partial charge in [-0.25, -0.2) is 9.37 Å². The Morgan fingerprint density at radius 1 is 1.29 bits per heavy atom. The Labute approximate surface area is 166 Å². The van der Waals surface area contributed by atoms with Crippen LogP contribution in [-0.2, 0) is 0 Å². The predicted octanol–water partition coefficient (Wildman–Crippen LogP) is 5.08. The quantitative estimate of drug-likeness (QED) is 0.564. The van der Waals surface area contributed by atoms with Crippen molar-refractivity contribution in [3.8, 4) is 22.1 Å². The number of aromatic nitrogens is 1. The second kappa shape index (κ2) is 8.67. The zero-order valence-corrected chi connectivity index (χ0v) is 16.3. The molecule has 5 nitrogen and oxygen atoms in total. The first kappa shape index (κ1) is 19.6. The van der Waals surface area contributed by atoms with Crippen LogP contribution >= 0.6 is 11.3 Å². The summed E-state index contributed by atoms with van der Waals surface area (Å²) in [5, 5.41) is 4.84. The number of carbonyl (C=O) groups excluding carboxylic acids is 1. The number of anilines is 1. The van der Waals surface area contributed by atoms with E-state index in [2.05, 4.69) is 16.9 Å². The van der Waals surface area contributed by atoms with Crippen molar-refractivity contribution in [3.05, 3.63) is 71.5 Å². The lowest BCUT2D eigenvalue weighted by Gasteiger charge is -2.10. The predicted molar refractivity (Wildman–Crippen MR) is 109 cm³/mol. The molecule has 1 aromatic heterocycles. The molecule has 1 heterocycles. The molecule has 0 bridgehead atoms. The van der Waals surface area contributed by atoms with Gasteiger partial charge in [0, 0.05) is 10.9 Å². The summed E-state index contributed by atoms with van der Waals surface area (Å²) in [6.45, 7) is 5.81. The second-order valence-corrected chi connectivity index (χ2v) is 6.80. The Kier molecular flexibility index (Phi) is 6.06. The molecule has 0 radical (unpaired) electrons. The smallest absolute Gasteiger partial charge is 0.275 e. The lowest BCUT2D eigenvalue weighted by molar-refractivity contribution is 0.102. The van der Waals surface area contributed by atoms with E-state index in [4.69, 9.17) is 9.47 Å². The Hall–Kier alpha value is -3.19. The highest BCUT2D eigenvalue weighted by atomic mass is 32.1. The van der Waals surface area contributed by atoms with Crippen LogP contribution in [0, 0.1) is 12.7 Å². The molecule has 0 aliphatic heterocycles. The molecule has 0 spiro atoms. The van der Waals surface area contributed by atoms with Gasteiger partial charge in [-0.2, -0.15) is 0 Å². The molecule has 0 aliphatic rings. The Morgan fingerprint density at radius 2 is 2.11 bits per heavy atom. The highest BCUT2D eigenvalue weighted by Gasteiger charge is 2.15. The van der Waals surface area contributed by atoms with Crippen molar-refractivity contribution in [2.45, 2.75) is 6.92 Å². The minimum Gasteiger partial charge on any atom is -0.493 e. The largest absolute Gasteiger partial charge is 0.493 e. The Bertz CT molecular complexity index is 1020. The maximum atomic E-state index is 13.9. The summed E-state index contributed by atoms with van der Waals surface area (Å²) in [5.74, 6) is 0.192. The van der Waals surface area contributed by atoms with E-state index in [9.17, 15) is 9.18 Å². The molecule has 144 valence electrons. The number of nitrogens with zero attached hydrogens (tertiary/aromatic N) is 1. The highest BCUT2D eigenvalue weighted by Crippen LogP contribution is 2.34. The number of hydrogen-bond acceptors (Lipinski definition) is 5. The van der Waals surface area contributed by atoms with E-state index < -0.39 is 11.7 Å². The molecule has 2 aromatic carbocycles. The number of methoxy groups -OCH3 is 1. The molecule has 0 saturated heterocycles. The van der Waals surface area contributed by atoms with Gasteiger partial charge in [0.2, 0.25) is 0 Å². The minimum absolute atomic E-state index is 0.130. The molecule has 3 rings (SSSR count). The van der Waals surface area contributed by atoms with Crippen molar-refractivity contribution in [2.24, 2.45) is 0 Å². The lowest BCUT2D eigenvalue weighted by Crippen LogP contribution is -2.13. The Balaban J connectivity index is 1.80. The van der Waals surface area contributed by atoms with E-state index in [0.29, 0.717) is 23.1 Å². The van der Waals surface area contributed by atoms with Gasteiger partial charge in [0.1, 0.15) is 23.1 Å². The molecule has 0 saturated carbocycles. The number of carbonyl (C=O) groups is 1. The van der Waals surface area contributed by atoms with Gasteiger partial charge in [0.25, 0.3) is 5.91 Å². The van der Waals surface area contributed by atoms with Crippen LogP contribution in [0.15, 0.2) is 54.4 Å². The molecule has 0 fully saturated rings. The zero-order chi connectivity index (χ0) is 20.1. The molecule has 7 heteroatoms. The molecular formula is C21H19FN2O3S. The zero-order valence-electron chi connectivity index (χ0n) is 15.5. The van der Waals surface area contributed by atoms with Gasteiger partial charge < -0.3 is 14.8 Å². The number of amides is 1. The van der Waals surface area contributed by atoms with Crippen LogP contribution < -0.4 is 14.8 Å². The maximum Gasteiger partial charge on any atom is 0.275 e. The first-order chi connectivity index (χ1) is 13.5. The molecule has 0 unspecified atom stereocenters. The number of rotatable bonds is 7. The third kappa shape index (κ3) is 4.37. The van der Waals surface area contributed by atoms with E-state index in [1.807, 2.05) is 13.0 Å². The Morgan fingerprint density at radius 3 is 2.86 bits per heavy atom. The first-order valence-electron chi connectivity index (χ1n) is 8.47. The molecular weight excluding hydrogens is 379 g/mol. The van der Waals surface area contributed by atoms with Crippen molar-refractivity contribution in [2.75, 3.05) is 19.0 Å². The number of halogens is 1. The van der Waals surface area contributed by atoms with Gasteiger partial charge in [0.15, 0.2) is 11.5 Å². The third-order valence-corrected chi connectivity index (χ3v) is 4.77. The maximum absolute atomic E-state index is 13.9. The van der Waals surface area contributed by atoms with Crippen molar-refractivity contribution in [1.29, 1.82) is 0 Å². The molecule has 1 N–H and O–H groups in total. The fraction of sp³-hybridized carbons (Fsp3) is 0.143. The molecule has 0 aliphatic carbocycles. The number of aryl methyl sites for hydroxylation is 1. The standard InChI is InChI=1S/C21H19FN2O3S/c1-4-9-27-18-8-6-14(11-19(18)26-3)21-24-17(12-28-21)20(25)23-16-10-13(2)5-7-15(16)22/h4-8,10-12H,1,9H2,2-3H3,(H,23,25). The topological polar surface area (TPSA) is 60.5 Å². The highest BCUT2D eigenvalue weighted by molar-refractivity contribution is 7.13. The molecule has 1 amide bonds. The van der Waals surface area contributed by atoms with Crippen LogP contribution in [0.3, 0.4) is 0 Å². The summed E-state index contributed by atoms with van der Waals surface area (Å²) >= 11 is 1.31. The van der Waals surface area contributed by atoms with Crippen LogP contribution in [0.2, 0.25) is 0 Å². The SMILES string of the molecule is C=CCOc1ccc(-c2nc(C(=O)Nc3cc(C)ccc3F)cs2)cc1OC. The summed E-state index contributed by atoms with van der Waals surface area (Å²) in [4.78, 5) is 16.8. The summed E-state index contributed by atoms with van der Waals surface area (Å²) in [6.07, 6.45) is 1.65. The van der Waals surface area contributed by atoms with Gasteiger partial charge in [-0.1, -0.05) is 18.7 Å². The fourth-order valence-electron chi connectivity index (χ4n) is 2.50. The van der Waals surface area contributed by atoms with Crippen LogP contribution in [0.1, 0.15) is 16.1 Å². The van der Waals surface area contributed by atoms with Crippen LogP contribution in [0.25, 0.3) is 10.6 Å². The number of ether oxygens (including phenoxy) is 2. The van der Waals surface area contributed by atoms with Gasteiger partial charge in [-0.05, 0) is 42.8 Å². The number of nitrogens with one attached hydrogen (secondary N) is 1. The lowest BCUT2D eigenvalue weighted by atomic mass is 10.2. The second-order valence-electron chi connectivity index (χ2n) is 5.94. The first-order valence-corrected chi connectivity index (χ1v) is 9.35. The van der Waals surface area contributed by atoms with Gasteiger partial charge >= 0.3 is 0 Å². The van der Waals surface area contributed by atoms with Gasteiger partial charge in [0.05, 0.1) is 12.8 Å². The van der Waals surface area contributed by atoms with E-state index in [-0.39, 0.29) is 11.4 Å². The number of thiazole rings is 1. The van der Waals surface area contributed by atoms with E-state index in [1.54, 1.807) is 42.8 Å². The fourth-order valence-corrected chi connectivity index (χ4v) is 3.30. The van der Waals surface area contributed by atoms with Gasteiger partial charge in [-0.3, -0.25) is 4.79 Å². The molecule has 28 heavy (non-hydrogen) atoms. The van der Waals surface area contributed by atoms with Gasteiger partial charge in [-0.15, -0.1) is 11.3 Å². The van der Waals surface area contributed by atoms with Crippen LogP contribution in [0.5, 0.6) is 11.5 Å². The average molecular weight is 398 g/mol. The monoisotopic (exact) mass is 398 g/mol. The molecule has 0 atom stereocenters. The van der Waals surface area contributed by atoms with Crippen molar-refractivity contribution < 1.29 is 18.7 Å². The van der Waals surface area contributed by atoms with Crippen molar-refractivity contribution >= 4 is 22.9 Å². The van der Waals surface area contributed by atoms with Crippen LogP contribution in [-0.4, -0.2) is 24.6 Å². The van der Waals surface area contributed by atoms with E-state index in [0.717, 1.165) is 11.1 Å². The van der Waals surface area contributed by atoms with E-state index in [1.165, 1.54) is 17.4 Å². The third-order valence-electron chi connectivity index (χ3n) is 3.87. The van der Waals surface area contributed by atoms with E-state index >= 15 is 0 Å². The van der Waals surface area contributed by atoms with Crippen LogP contribution in [0.4, 0.5) is 10.1 Å². The summed E-state index contributed by atoms with van der Waals surface area (Å²) in [5.41, 5.74) is 1.98. The average Bonchev–Trinajstić information content (AvgIpc) is 3.19. The molecule has 3 aromatic rings. The number of hydrogen-bond donors (Lipinski definition) is 1. The normalized spacial score (nSPS) is 10.4. The summed E-state index contributed by atoms with van der Waals surface area (Å²) < 4.78 is 24.8. The summed E-state index contributed by atoms with van der Waals surface area (Å²) in [6, 6.07) is 9.94. The summed E-state index contributed by atoms with van der Waals surface area (Å²) in [7, 11) is 1.55. The van der Waals surface area contributed by atoms with Crippen molar-refractivity contribution in [3.63, 3.8) is 0 Å². The number of benzene rings is 2.